The van der Waals surface area contributed by atoms with Gasteiger partial charge in [0.2, 0.25) is 0 Å². The quantitative estimate of drug-likeness (QED) is 0.783. The van der Waals surface area contributed by atoms with Crippen molar-refractivity contribution in [3.8, 4) is 0 Å². The zero-order valence-electron chi connectivity index (χ0n) is 9.27. The molecule has 1 atom stereocenters. The first-order valence-electron chi connectivity index (χ1n) is 5.41. The molecule has 0 fully saturated rings. The van der Waals surface area contributed by atoms with E-state index in [0.29, 0.717) is 0 Å². The van der Waals surface area contributed by atoms with Gasteiger partial charge in [0.25, 0.3) is 0 Å². The summed E-state index contributed by atoms with van der Waals surface area (Å²) in [6.45, 7) is 0. The largest absolute Gasteiger partial charge is 0.372 e. The number of nitrogens with zero attached hydrogens (tertiary/aromatic N) is 1. The molecule has 0 amide bonds. The van der Waals surface area contributed by atoms with Gasteiger partial charge in [-0.25, -0.2) is 4.39 Å². The van der Waals surface area contributed by atoms with Crippen LogP contribution < -0.4 is 10.4 Å². The number of hydrazine groups is 1. The summed E-state index contributed by atoms with van der Waals surface area (Å²) >= 11 is 3.19. The molecule has 1 heterocycles. The lowest BCUT2D eigenvalue weighted by molar-refractivity contribution is 0.243. The summed E-state index contributed by atoms with van der Waals surface area (Å²) in [6.07, 6.45) is 6.98. The Balaban J connectivity index is 1.97. The molecule has 0 unspecified atom stereocenters. The number of aliphatic hydroxyl groups is 1. The lowest BCUT2D eigenvalue weighted by Gasteiger charge is -2.25. The van der Waals surface area contributed by atoms with Crippen molar-refractivity contribution in [3.63, 3.8) is 0 Å². The van der Waals surface area contributed by atoms with Crippen LogP contribution in [0.5, 0.6) is 0 Å². The molecule has 0 spiro atoms. The van der Waals surface area contributed by atoms with Gasteiger partial charge in [-0.3, -0.25) is 5.01 Å². The Morgan fingerprint density at radius 2 is 2.00 bits per heavy atom. The summed E-state index contributed by atoms with van der Waals surface area (Å²) in [4.78, 5) is 0. The monoisotopic (exact) mass is 308 g/mol. The van der Waals surface area contributed by atoms with Crippen LogP contribution in [0, 0.1) is 5.82 Å². The van der Waals surface area contributed by atoms with E-state index in [-0.39, 0.29) is 5.82 Å². The highest BCUT2D eigenvalue weighted by Crippen LogP contribution is 2.34. The number of nitrogens with one attached hydrogen (secondary N) is 1. The van der Waals surface area contributed by atoms with E-state index < -0.39 is 4.51 Å². The highest BCUT2D eigenvalue weighted by atomic mass is 79.9. The molecule has 3 nitrogen and oxygen atoms in total. The van der Waals surface area contributed by atoms with Crippen molar-refractivity contribution in [1.82, 2.24) is 5.43 Å². The maximum Gasteiger partial charge on any atom is 0.159 e. The number of allylic oxidation sites excluding steroid dienone is 1. The Bertz CT molecular complexity index is 575. The molecular formula is C13H10BrFN2O. The highest BCUT2D eigenvalue weighted by molar-refractivity contribution is 9.10. The van der Waals surface area contributed by atoms with Gasteiger partial charge in [0.15, 0.2) is 4.51 Å². The van der Waals surface area contributed by atoms with Crippen LogP contribution in [-0.4, -0.2) is 9.62 Å². The van der Waals surface area contributed by atoms with Crippen molar-refractivity contribution >= 4 is 21.6 Å². The number of anilines is 1. The van der Waals surface area contributed by atoms with Crippen LogP contribution in [-0.2, 0) is 0 Å². The van der Waals surface area contributed by atoms with E-state index in [1.54, 1.807) is 29.3 Å². The van der Waals surface area contributed by atoms with Crippen LogP contribution in [0.3, 0.4) is 0 Å². The fraction of sp³-hybridized carbons (Fsp3) is 0.0769. The lowest BCUT2D eigenvalue weighted by Crippen LogP contribution is -2.31. The number of fused-ring (bicyclic) bond motifs is 1. The molecule has 5 heteroatoms. The summed E-state index contributed by atoms with van der Waals surface area (Å²) in [5, 5.41) is 11.7. The molecule has 0 bridgehead atoms. The molecule has 2 N–H and O–H groups in total. The first-order valence-corrected chi connectivity index (χ1v) is 6.20. The SMILES string of the molecule is O[C@@]1(Br)C=CC2=CNN(c3ccc(F)cc3)C2=C1. The summed E-state index contributed by atoms with van der Waals surface area (Å²) in [5.74, 6) is -0.277. The third-order valence-corrected chi connectivity index (χ3v) is 3.30. The first-order chi connectivity index (χ1) is 8.55. The normalized spacial score (nSPS) is 25.4. The minimum Gasteiger partial charge on any atom is -0.372 e. The molecule has 0 radical (unpaired) electrons. The molecule has 2 aliphatic rings. The van der Waals surface area contributed by atoms with Crippen LogP contribution in [0.2, 0.25) is 0 Å². The predicted molar refractivity (Wildman–Crippen MR) is 71.2 cm³/mol. The van der Waals surface area contributed by atoms with E-state index in [2.05, 4.69) is 21.4 Å². The molecule has 1 aliphatic heterocycles. The molecule has 1 aliphatic carbocycles. The van der Waals surface area contributed by atoms with Gasteiger partial charge in [-0.2, -0.15) is 0 Å². The van der Waals surface area contributed by atoms with Crippen LogP contribution in [0.1, 0.15) is 0 Å². The van der Waals surface area contributed by atoms with Crippen LogP contribution in [0.15, 0.2) is 60.0 Å². The van der Waals surface area contributed by atoms with E-state index in [0.717, 1.165) is 17.0 Å². The second-order valence-electron chi connectivity index (χ2n) is 4.13. The number of hydrogen-bond acceptors (Lipinski definition) is 3. The van der Waals surface area contributed by atoms with E-state index in [4.69, 9.17) is 0 Å². The smallest absolute Gasteiger partial charge is 0.159 e. The number of hydrogen-bond donors (Lipinski definition) is 2. The van der Waals surface area contributed by atoms with Crippen molar-refractivity contribution in [2.45, 2.75) is 4.51 Å². The van der Waals surface area contributed by atoms with Gasteiger partial charge in [0.1, 0.15) is 5.82 Å². The molecule has 1 aromatic rings. The van der Waals surface area contributed by atoms with Gasteiger partial charge in [-0.15, -0.1) is 0 Å². The molecule has 3 rings (SSSR count). The van der Waals surface area contributed by atoms with Gasteiger partial charge in [-0.05, 0) is 52.3 Å². The molecule has 0 saturated heterocycles. The fourth-order valence-corrected chi connectivity index (χ4v) is 2.29. The Labute approximate surface area is 112 Å². The molecule has 0 aromatic heterocycles. The Hall–Kier alpha value is -1.59. The topological polar surface area (TPSA) is 35.5 Å². The van der Waals surface area contributed by atoms with E-state index in [9.17, 15) is 9.50 Å². The Morgan fingerprint density at radius 3 is 2.72 bits per heavy atom. The van der Waals surface area contributed by atoms with E-state index >= 15 is 0 Å². The van der Waals surface area contributed by atoms with E-state index in [1.807, 2.05) is 12.3 Å². The fourth-order valence-electron chi connectivity index (χ4n) is 1.94. The van der Waals surface area contributed by atoms with Crippen molar-refractivity contribution in [1.29, 1.82) is 0 Å². The highest BCUT2D eigenvalue weighted by Gasteiger charge is 2.29. The number of benzene rings is 1. The maximum atomic E-state index is 12.9. The molecule has 0 saturated carbocycles. The van der Waals surface area contributed by atoms with Crippen molar-refractivity contribution in [3.05, 3.63) is 65.8 Å². The average Bonchev–Trinajstić information content (AvgIpc) is 2.71. The zero-order valence-corrected chi connectivity index (χ0v) is 10.9. The number of rotatable bonds is 1. The second-order valence-corrected chi connectivity index (χ2v) is 5.40. The Morgan fingerprint density at radius 1 is 1.28 bits per heavy atom. The van der Waals surface area contributed by atoms with E-state index in [1.165, 1.54) is 12.1 Å². The minimum atomic E-state index is -1.15. The third-order valence-electron chi connectivity index (χ3n) is 2.81. The second kappa shape index (κ2) is 3.96. The molecule has 92 valence electrons. The molecular weight excluding hydrogens is 299 g/mol. The average molecular weight is 309 g/mol. The number of alkyl halides is 1. The minimum absolute atomic E-state index is 0.277. The predicted octanol–water partition coefficient (Wildman–Crippen LogP) is 2.57. The van der Waals surface area contributed by atoms with Gasteiger partial charge < -0.3 is 10.5 Å². The van der Waals surface area contributed by atoms with Crippen molar-refractivity contribution < 1.29 is 9.50 Å². The van der Waals surface area contributed by atoms with Gasteiger partial charge >= 0.3 is 0 Å². The van der Waals surface area contributed by atoms with Crippen LogP contribution in [0.4, 0.5) is 10.1 Å². The van der Waals surface area contributed by atoms with Crippen LogP contribution in [0.25, 0.3) is 0 Å². The first kappa shape index (κ1) is 11.5. The van der Waals surface area contributed by atoms with Gasteiger partial charge in [0.05, 0.1) is 11.4 Å². The summed E-state index contributed by atoms with van der Waals surface area (Å²) in [5.41, 5.74) is 5.65. The lowest BCUT2D eigenvalue weighted by atomic mass is 10.1. The van der Waals surface area contributed by atoms with Crippen molar-refractivity contribution in [2.24, 2.45) is 0 Å². The zero-order chi connectivity index (χ0) is 12.8. The van der Waals surface area contributed by atoms with Gasteiger partial charge in [-0.1, -0.05) is 6.08 Å². The Kier molecular flexibility index (Phi) is 2.53. The third kappa shape index (κ3) is 1.95. The molecule has 18 heavy (non-hydrogen) atoms. The van der Waals surface area contributed by atoms with Crippen LogP contribution >= 0.6 is 15.9 Å². The van der Waals surface area contributed by atoms with Crippen molar-refractivity contribution in [2.75, 3.05) is 5.01 Å². The number of halogens is 2. The summed E-state index contributed by atoms with van der Waals surface area (Å²) < 4.78 is 11.8. The van der Waals surface area contributed by atoms with Gasteiger partial charge in [0, 0.05) is 11.8 Å². The maximum absolute atomic E-state index is 12.9. The molecule has 1 aromatic carbocycles. The summed E-state index contributed by atoms with van der Waals surface area (Å²) in [7, 11) is 0. The standard InChI is InChI=1S/C13H10BrFN2O/c14-13(18)6-5-9-8-16-17(12(9)7-13)11-3-1-10(15)2-4-11/h1-8,16,18H/t13-/m0/s1. The summed E-state index contributed by atoms with van der Waals surface area (Å²) in [6, 6.07) is 6.14.